The van der Waals surface area contributed by atoms with Gasteiger partial charge < -0.3 is 0 Å². The predicted octanol–water partition coefficient (Wildman–Crippen LogP) is 3.21. The molecule has 12 heavy (non-hydrogen) atoms. The first kappa shape index (κ1) is 6.86. The van der Waals surface area contributed by atoms with E-state index in [1.165, 1.54) is 18.3 Å². The summed E-state index contributed by atoms with van der Waals surface area (Å²) in [6.45, 7) is 0. The highest BCUT2D eigenvalue weighted by Crippen LogP contribution is 2.79. The number of hydrogen-bond donors (Lipinski definition) is 0. The van der Waals surface area contributed by atoms with Crippen molar-refractivity contribution in [2.75, 3.05) is 0 Å². The monoisotopic (exact) mass is 226 g/mol. The minimum Gasteiger partial charge on any atom is -0.0887 e. The number of alkyl halides is 1. The van der Waals surface area contributed by atoms with Crippen LogP contribution in [-0.2, 0) is 0 Å². The van der Waals surface area contributed by atoms with Crippen molar-refractivity contribution < 1.29 is 0 Å². The molecule has 0 aromatic rings. The lowest BCUT2D eigenvalue weighted by Gasteiger charge is -2.69. The maximum absolute atomic E-state index is 3.91. The van der Waals surface area contributed by atoms with Crippen molar-refractivity contribution in [3.8, 4) is 0 Å². The van der Waals surface area contributed by atoms with Gasteiger partial charge in [0, 0.05) is 4.83 Å². The summed E-state index contributed by atoms with van der Waals surface area (Å²) < 4.78 is 0. The maximum atomic E-state index is 3.91. The topological polar surface area (TPSA) is 0 Å². The second kappa shape index (κ2) is 1.80. The smallest absolute Gasteiger partial charge is 0.0182 e. The molecule has 4 aliphatic carbocycles. The Kier molecular flexibility index (Phi) is 1.03. The average molecular weight is 227 g/mol. The molecule has 4 fully saturated rings. The molecule has 1 spiro atoms. The van der Waals surface area contributed by atoms with Crippen LogP contribution in [0.15, 0.2) is 0 Å². The minimum absolute atomic E-state index is 0.901. The van der Waals surface area contributed by atoms with E-state index in [1.807, 2.05) is 0 Å². The zero-order valence-corrected chi connectivity index (χ0v) is 8.89. The van der Waals surface area contributed by atoms with Gasteiger partial charge in [0.1, 0.15) is 0 Å². The molecule has 0 radical (unpaired) electrons. The molecule has 0 saturated heterocycles. The molecule has 4 aliphatic rings. The van der Waals surface area contributed by atoms with Gasteiger partial charge in [0.2, 0.25) is 0 Å². The van der Waals surface area contributed by atoms with E-state index in [2.05, 4.69) is 15.9 Å². The van der Waals surface area contributed by atoms with Gasteiger partial charge >= 0.3 is 0 Å². The fourth-order valence-electron chi connectivity index (χ4n) is 5.17. The van der Waals surface area contributed by atoms with E-state index in [-0.39, 0.29) is 0 Å². The molecule has 0 amide bonds. The summed E-state index contributed by atoms with van der Waals surface area (Å²) in [5.74, 6) is 4.56. The van der Waals surface area contributed by atoms with Crippen LogP contribution in [0.5, 0.6) is 0 Å². The molecule has 66 valence electrons. The molecular formula is C11H15Br. The second-order valence-electron chi connectivity index (χ2n) is 5.64. The van der Waals surface area contributed by atoms with Crippen molar-refractivity contribution >= 4 is 15.9 Å². The zero-order valence-electron chi connectivity index (χ0n) is 7.30. The lowest BCUT2D eigenvalue weighted by atomic mass is 9.37. The van der Waals surface area contributed by atoms with E-state index in [1.54, 1.807) is 25.7 Å². The molecule has 4 saturated carbocycles. The molecule has 0 aromatic heterocycles. The first-order valence-corrected chi connectivity index (χ1v) is 6.36. The molecule has 0 nitrogen and oxygen atoms in total. The van der Waals surface area contributed by atoms with Crippen molar-refractivity contribution in [1.82, 2.24) is 0 Å². The van der Waals surface area contributed by atoms with Crippen LogP contribution in [-0.4, -0.2) is 4.83 Å². The third kappa shape index (κ3) is 0.498. The van der Waals surface area contributed by atoms with Crippen LogP contribution < -0.4 is 0 Å². The van der Waals surface area contributed by atoms with E-state index in [9.17, 15) is 0 Å². The Hall–Kier alpha value is 0.480. The average Bonchev–Trinajstić information content (AvgIpc) is 2.37. The Morgan fingerprint density at radius 3 is 2.67 bits per heavy atom. The minimum atomic E-state index is 0.901. The van der Waals surface area contributed by atoms with Crippen LogP contribution in [0.3, 0.4) is 0 Å². The molecular weight excluding hydrogens is 212 g/mol. The van der Waals surface area contributed by atoms with Gasteiger partial charge in [0.15, 0.2) is 0 Å². The summed E-state index contributed by atoms with van der Waals surface area (Å²) in [6, 6.07) is 0. The quantitative estimate of drug-likeness (QED) is 0.557. The summed E-state index contributed by atoms with van der Waals surface area (Å²) in [4.78, 5) is 0.901. The van der Waals surface area contributed by atoms with E-state index >= 15 is 0 Å². The van der Waals surface area contributed by atoms with Crippen molar-refractivity contribution in [2.24, 2.45) is 29.1 Å². The Morgan fingerprint density at radius 2 is 1.83 bits per heavy atom. The van der Waals surface area contributed by atoms with E-state index in [0.717, 1.165) is 22.1 Å². The van der Waals surface area contributed by atoms with Crippen molar-refractivity contribution in [1.29, 1.82) is 0 Å². The Balaban J connectivity index is 1.81. The molecule has 0 heterocycles. The molecule has 5 unspecified atom stereocenters. The van der Waals surface area contributed by atoms with Crippen LogP contribution in [0.2, 0.25) is 0 Å². The van der Waals surface area contributed by atoms with Gasteiger partial charge in [-0.25, -0.2) is 0 Å². The number of halogens is 1. The molecule has 0 aromatic carbocycles. The van der Waals surface area contributed by atoms with Crippen LogP contribution in [0.1, 0.15) is 32.1 Å². The van der Waals surface area contributed by atoms with Crippen LogP contribution in [0, 0.1) is 29.1 Å². The Bertz CT molecular complexity index is 247. The van der Waals surface area contributed by atoms with Gasteiger partial charge in [-0.3, -0.25) is 0 Å². The summed E-state index contributed by atoms with van der Waals surface area (Å²) in [5.41, 5.74) is 0.914. The van der Waals surface area contributed by atoms with Gasteiger partial charge in [-0.15, -0.1) is 0 Å². The number of fused-ring (bicyclic) bond motifs is 1. The second-order valence-corrected chi connectivity index (χ2v) is 6.82. The Labute approximate surface area is 82.2 Å². The predicted molar refractivity (Wildman–Crippen MR) is 52.2 cm³/mol. The van der Waals surface area contributed by atoms with Crippen molar-refractivity contribution in [2.45, 2.75) is 36.9 Å². The molecule has 4 rings (SSSR count). The third-order valence-corrected chi connectivity index (χ3v) is 6.59. The van der Waals surface area contributed by atoms with Crippen LogP contribution in [0.4, 0.5) is 0 Å². The van der Waals surface area contributed by atoms with Gasteiger partial charge in [0.25, 0.3) is 0 Å². The number of rotatable bonds is 0. The van der Waals surface area contributed by atoms with Gasteiger partial charge in [-0.2, -0.15) is 0 Å². The zero-order chi connectivity index (χ0) is 7.92. The summed E-state index contributed by atoms with van der Waals surface area (Å²) in [5, 5.41) is 0. The molecule has 0 N–H and O–H groups in total. The summed E-state index contributed by atoms with van der Waals surface area (Å²) >= 11 is 3.91. The van der Waals surface area contributed by atoms with E-state index < -0.39 is 0 Å². The SMILES string of the molecule is BrC1CC2CC3CC4CC1[C@]34C2. The van der Waals surface area contributed by atoms with Crippen molar-refractivity contribution in [3.05, 3.63) is 0 Å². The fraction of sp³-hybridized carbons (Fsp3) is 1.00. The van der Waals surface area contributed by atoms with Gasteiger partial charge in [-0.05, 0) is 61.2 Å². The number of hydrogen-bond acceptors (Lipinski definition) is 0. The fourth-order valence-corrected chi connectivity index (χ4v) is 6.41. The lowest BCUT2D eigenvalue weighted by molar-refractivity contribution is -0.185. The highest BCUT2D eigenvalue weighted by atomic mass is 79.9. The van der Waals surface area contributed by atoms with Crippen LogP contribution >= 0.6 is 15.9 Å². The first-order valence-electron chi connectivity index (χ1n) is 5.45. The van der Waals surface area contributed by atoms with E-state index in [0.29, 0.717) is 0 Å². The van der Waals surface area contributed by atoms with Gasteiger partial charge in [0.05, 0.1) is 0 Å². The lowest BCUT2D eigenvalue weighted by Crippen LogP contribution is -2.63. The molecule has 0 aliphatic heterocycles. The maximum Gasteiger partial charge on any atom is 0.0182 e. The van der Waals surface area contributed by atoms with Crippen LogP contribution in [0.25, 0.3) is 0 Å². The van der Waals surface area contributed by atoms with E-state index in [4.69, 9.17) is 0 Å². The normalized spacial score (nSPS) is 71.2. The summed E-state index contributed by atoms with van der Waals surface area (Å²) in [7, 11) is 0. The molecule has 1 heteroatoms. The highest BCUT2D eigenvalue weighted by molar-refractivity contribution is 9.09. The summed E-state index contributed by atoms with van der Waals surface area (Å²) in [6.07, 6.45) is 7.88. The standard InChI is InChI=1S/C11H15Br/c12-10-2-6-1-7-3-8-4-9(10)11(7,8)5-6/h6-10H,1-5H2/t6?,7?,8?,9?,10?,11-/m1/s1. The molecule has 6 atom stereocenters. The first-order chi connectivity index (χ1) is 5.80. The highest BCUT2D eigenvalue weighted by Gasteiger charge is 2.72. The van der Waals surface area contributed by atoms with Crippen molar-refractivity contribution in [3.63, 3.8) is 0 Å². The largest absolute Gasteiger partial charge is 0.0887 e. The molecule has 2 bridgehead atoms. The third-order valence-electron chi connectivity index (χ3n) is 5.57. The Morgan fingerprint density at radius 1 is 1.00 bits per heavy atom. The van der Waals surface area contributed by atoms with Gasteiger partial charge in [-0.1, -0.05) is 15.9 Å².